The molecular formula is C19H15FN6O3. The summed E-state index contributed by atoms with van der Waals surface area (Å²) in [6.07, 6.45) is 0. The van der Waals surface area contributed by atoms with Crippen LogP contribution in [0.5, 0.6) is 0 Å². The molecule has 0 spiro atoms. The van der Waals surface area contributed by atoms with Crippen LogP contribution < -0.4 is 11.1 Å². The Balaban J connectivity index is 1.82. The van der Waals surface area contributed by atoms with Crippen LogP contribution in [0.25, 0.3) is 11.4 Å². The van der Waals surface area contributed by atoms with Crippen molar-refractivity contribution in [1.82, 2.24) is 14.8 Å². The maximum Gasteiger partial charge on any atom is 0.269 e. The molecule has 10 heteroatoms. The lowest BCUT2D eigenvalue weighted by molar-refractivity contribution is -0.384. The predicted octanol–water partition coefficient (Wildman–Crippen LogP) is 2.77. The van der Waals surface area contributed by atoms with Gasteiger partial charge < -0.3 is 11.1 Å². The van der Waals surface area contributed by atoms with Crippen molar-refractivity contribution in [2.45, 2.75) is 13.0 Å². The third-order valence-electron chi connectivity index (χ3n) is 4.64. The molecule has 1 aliphatic rings. The number of amides is 1. The molecule has 1 amide bonds. The molecule has 1 aliphatic heterocycles. The van der Waals surface area contributed by atoms with Gasteiger partial charge in [-0.2, -0.15) is 4.98 Å². The van der Waals surface area contributed by atoms with Crippen LogP contribution in [0.1, 0.15) is 18.5 Å². The molecule has 146 valence electrons. The number of nitro groups is 1. The van der Waals surface area contributed by atoms with E-state index in [1.807, 2.05) is 0 Å². The quantitative estimate of drug-likeness (QED) is 0.517. The SMILES string of the molecule is CC1=C(C(N)=O)C(c2ccc(F)cc2)n2nc(-c3ccc([N+](=O)[O-])cc3)nc2N1. The number of rotatable bonds is 4. The number of halogens is 1. The lowest BCUT2D eigenvalue weighted by Gasteiger charge is -2.27. The van der Waals surface area contributed by atoms with Crippen LogP contribution in [0.2, 0.25) is 0 Å². The van der Waals surface area contributed by atoms with E-state index in [0.29, 0.717) is 28.6 Å². The molecule has 3 N–H and O–H groups in total. The molecule has 1 unspecified atom stereocenters. The minimum atomic E-state index is -0.691. The second-order valence-corrected chi connectivity index (χ2v) is 6.49. The van der Waals surface area contributed by atoms with Gasteiger partial charge in [0.15, 0.2) is 5.82 Å². The number of hydrogen-bond donors (Lipinski definition) is 2. The first-order valence-corrected chi connectivity index (χ1v) is 8.59. The van der Waals surface area contributed by atoms with Gasteiger partial charge >= 0.3 is 0 Å². The van der Waals surface area contributed by atoms with E-state index >= 15 is 0 Å². The molecule has 3 aromatic rings. The van der Waals surface area contributed by atoms with E-state index in [0.717, 1.165) is 0 Å². The zero-order valence-corrected chi connectivity index (χ0v) is 15.2. The van der Waals surface area contributed by atoms with Gasteiger partial charge in [0.1, 0.15) is 11.9 Å². The van der Waals surface area contributed by atoms with Gasteiger partial charge in [0.25, 0.3) is 5.69 Å². The zero-order chi connectivity index (χ0) is 20.7. The van der Waals surface area contributed by atoms with E-state index in [1.165, 1.54) is 28.9 Å². The van der Waals surface area contributed by atoms with Crippen molar-refractivity contribution in [2.75, 3.05) is 5.32 Å². The van der Waals surface area contributed by atoms with Crippen LogP contribution in [-0.4, -0.2) is 25.6 Å². The number of nitrogens with zero attached hydrogens (tertiary/aromatic N) is 4. The molecule has 1 aromatic heterocycles. The highest BCUT2D eigenvalue weighted by molar-refractivity contribution is 5.95. The summed E-state index contributed by atoms with van der Waals surface area (Å²) in [5.74, 6) is -0.361. The summed E-state index contributed by atoms with van der Waals surface area (Å²) in [5.41, 5.74) is 7.53. The second-order valence-electron chi connectivity index (χ2n) is 6.49. The Morgan fingerprint density at radius 3 is 2.45 bits per heavy atom. The van der Waals surface area contributed by atoms with Crippen LogP contribution in [0.15, 0.2) is 59.8 Å². The van der Waals surface area contributed by atoms with Crippen LogP contribution in [0.3, 0.4) is 0 Å². The van der Waals surface area contributed by atoms with Crippen molar-refractivity contribution in [3.8, 4) is 11.4 Å². The largest absolute Gasteiger partial charge is 0.366 e. The van der Waals surface area contributed by atoms with E-state index < -0.39 is 22.7 Å². The maximum absolute atomic E-state index is 13.4. The summed E-state index contributed by atoms with van der Waals surface area (Å²) in [4.78, 5) is 26.9. The fourth-order valence-corrected chi connectivity index (χ4v) is 3.28. The van der Waals surface area contributed by atoms with E-state index in [4.69, 9.17) is 5.73 Å². The standard InChI is InChI=1S/C19H15FN6O3/c1-10-15(17(21)27)16(11-2-6-13(20)7-3-11)25-19(22-10)23-18(24-25)12-4-8-14(9-5-12)26(28)29/h2-9,16H,1H3,(H2,21,27)(H,22,23,24). The van der Waals surface area contributed by atoms with Crippen LogP contribution in [-0.2, 0) is 4.79 Å². The second kappa shape index (κ2) is 6.82. The van der Waals surface area contributed by atoms with Gasteiger partial charge in [-0.05, 0) is 36.8 Å². The Hall–Kier alpha value is -4.08. The normalized spacial score (nSPS) is 15.6. The van der Waals surface area contributed by atoms with E-state index in [1.54, 1.807) is 31.2 Å². The molecule has 0 radical (unpaired) electrons. The predicted molar refractivity (Wildman–Crippen MR) is 102 cm³/mol. The number of fused-ring (bicyclic) bond motifs is 1. The van der Waals surface area contributed by atoms with Gasteiger partial charge in [-0.1, -0.05) is 12.1 Å². The van der Waals surface area contributed by atoms with E-state index in [9.17, 15) is 19.3 Å². The third-order valence-corrected chi connectivity index (χ3v) is 4.64. The molecule has 2 aromatic carbocycles. The van der Waals surface area contributed by atoms with Crippen molar-refractivity contribution in [3.63, 3.8) is 0 Å². The summed E-state index contributed by atoms with van der Waals surface area (Å²) < 4.78 is 14.9. The monoisotopic (exact) mass is 394 g/mol. The Labute approximate surface area is 163 Å². The van der Waals surface area contributed by atoms with Crippen molar-refractivity contribution < 1.29 is 14.1 Å². The molecule has 0 aliphatic carbocycles. The highest BCUT2D eigenvalue weighted by Crippen LogP contribution is 2.36. The summed E-state index contributed by atoms with van der Waals surface area (Å²) in [7, 11) is 0. The average molecular weight is 394 g/mol. The highest BCUT2D eigenvalue weighted by Gasteiger charge is 2.33. The van der Waals surface area contributed by atoms with Crippen molar-refractivity contribution in [1.29, 1.82) is 0 Å². The summed E-state index contributed by atoms with van der Waals surface area (Å²) in [5, 5.41) is 18.3. The third kappa shape index (κ3) is 3.20. The fourth-order valence-electron chi connectivity index (χ4n) is 3.28. The van der Waals surface area contributed by atoms with Gasteiger partial charge in [-0.3, -0.25) is 14.9 Å². The Morgan fingerprint density at radius 1 is 1.21 bits per heavy atom. The number of nitro benzene ring substituents is 1. The molecule has 0 saturated carbocycles. The number of aromatic nitrogens is 3. The molecule has 1 atom stereocenters. The first-order chi connectivity index (χ1) is 13.8. The van der Waals surface area contributed by atoms with Crippen LogP contribution >= 0.6 is 0 Å². The first-order valence-electron chi connectivity index (χ1n) is 8.59. The molecule has 9 nitrogen and oxygen atoms in total. The van der Waals surface area contributed by atoms with E-state index in [-0.39, 0.29) is 11.3 Å². The highest BCUT2D eigenvalue weighted by atomic mass is 19.1. The van der Waals surface area contributed by atoms with Crippen LogP contribution in [0, 0.1) is 15.9 Å². The number of allylic oxidation sites excluding steroid dienone is 1. The lowest BCUT2D eigenvalue weighted by Crippen LogP contribution is -2.31. The summed E-state index contributed by atoms with van der Waals surface area (Å²) >= 11 is 0. The number of benzene rings is 2. The first kappa shape index (κ1) is 18.3. The molecule has 29 heavy (non-hydrogen) atoms. The smallest absolute Gasteiger partial charge is 0.269 e. The number of hydrogen-bond acceptors (Lipinski definition) is 6. The number of non-ortho nitro benzene ring substituents is 1. The van der Waals surface area contributed by atoms with Gasteiger partial charge in [-0.25, -0.2) is 9.07 Å². The number of anilines is 1. The van der Waals surface area contributed by atoms with Gasteiger partial charge in [0, 0.05) is 23.4 Å². The Kier molecular flexibility index (Phi) is 4.30. The Bertz CT molecular complexity index is 1150. The molecule has 2 heterocycles. The van der Waals surface area contributed by atoms with E-state index in [2.05, 4.69) is 15.4 Å². The average Bonchev–Trinajstić information content (AvgIpc) is 3.11. The lowest BCUT2D eigenvalue weighted by atomic mass is 9.95. The zero-order valence-electron chi connectivity index (χ0n) is 15.2. The topological polar surface area (TPSA) is 129 Å². The number of primary amides is 1. The van der Waals surface area contributed by atoms with Gasteiger partial charge in [0.2, 0.25) is 11.9 Å². The van der Waals surface area contributed by atoms with Crippen LogP contribution in [0.4, 0.5) is 16.0 Å². The summed E-state index contributed by atoms with van der Waals surface area (Å²) in [6.45, 7) is 1.69. The number of carbonyl (C=O) groups excluding carboxylic acids is 1. The fraction of sp³-hybridized carbons (Fsp3) is 0.105. The van der Waals surface area contributed by atoms with Crippen molar-refractivity contribution >= 4 is 17.5 Å². The number of nitrogens with two attached hydrogens (primary N) is 1. The minimum absolute atomic E-state index is 0.0476. The number of nitrogens with one attached hydrogen (secondary N) is 1. The maximum atomic E-state index is 13.4. The van der Waals surface area contributed by atoms with Crippen molar-refractivity contribution in [2.24, 2.45) is 5.73 Å². The molecule has 0 bridgehead atoms. The number of carbonyl (C=O) groups is 1. The minimum Gasteiger partial charge on any atom is -0.366 e. The van der Waals surface area contributed by atoms with Crippen molar-refractivity contribution in [3.05, 3.63) is 81.3 Å². The summed E-state index contributed by atoms with van der Waals surface area (Å²) in [6, 6.07) is 10.8. The molecule has 0 saturated heterocycles. The molecular weight excluding hydrogens is 379 g/mol. The molecule has 0 fully saturated rings. The van der Waals surface area contributed by atoms with Gasteiger partial charge in [-0.15, -0.1) is 5.10 Å². The van der Waals surface area contributed by atoms with Gasteiger partial charge in [0.05, 0.1) is 10.5 Å². The Morgan fingerprint density at radius 2 is 1.86 bits per heavy atom. The molecule has 4 rings (SSSR count).